The molecule has 3 nitrogen and oxygen atoms in total. The highest BCUT2D eigenvalue weighted by Crippen LogP contribution is 2.29. The lowest BCUT2D eigenvalue weighted by molar-refractivity contribution is -0.0108. The van der Waals surface area contributed by atoms with Crippen molar-refractivity contribution in [3.63, 3.8) is 0 Å². The Hall–Kier alpha value is -1.35. The molecule has 0 bridgehead atoms. The van der Waals surface area contributed by atoms with Gasteiger partial charge in [0.25, 0.3) is 5.91 Å². The van der Waals surface area contributed by atoms with Crippen LogP contribution in [0.2, 0.25) is 0 Å². The number of hydrogen-bond donors (Lipinski definition) is 0. The fourth-order valence-corrected chi connectivity index (χ4v) is 2.72. The molecule has 98 valence electrons. The van der Waals surface area contributed by atoms with Crippen LogP contribution in [0.25, 0.3) is 0 Å². The minimum Gasteiger partial charge on any atom is -0.362 e. The minimum absolute atomic E-state index is 0.0609. The second-order valence-corrected chi connectivity index (χ2v) is 4.79. The van der Waals surface area contributed by atoms with Crippen LogP contribution in [-0.4, -0.2) is 30.2 Å². The molecule has 2 unspecified atom stereocenters. The van der Waals surface area contributed by atoms with Gasteiger partial charge in [-0.2, -0.15) is 0 Å². The maximum Gasteiger partial charge on any atom is 0.256 e. The Morgan fingerprint density at radius 2 is 2.06 bits per heavy atom. The molecule has 1 amide bonds. The SMILES string of the molecule is CCCC1CCC(OC)N1C(=O)c1ccccc1. The lowest BCUT2D eigenvalue weighted by Crippen LogP contribution is -2.42. The third-order valence-corrected chi connectivity index (χ3v) is 3.60. The number of methoxy groups -OCH3 is 1. The Bertz CT molecular complexity index is 391. The largest absolute Gasteiger partial charge is 0.362 e. The van der Waals surface area contributed by atoms with Gasteiger partial charge in [0, 0.05) is 18.7 Å². The number of carbonyl (C=O) groups excluding carboxylic acids is 1. The number of rotatable bonds is 4. The molecule has 1 saturated heterocycles. The molecule has 1 aromatic rings. The first-order valence-electron chi connectivity index (χ1n) is 6.68. The first-order valence-corrected chi connectivity index (χ1v) is 6.68. The van der Waals surface area contributed by atoms with Gasteiger partial charge in [-0.3, -0.25) is 4.79 Å². The van der Waals surface area contributed by atoms with Gasteiger partial charge in [0.05, 0.1) is 0 Å². The zero-order valence-electron chi connectivity index (χ0n) is 11.1. The van der Waals surface area contributed by atoms with Gasteiger partial charge in [-0.15, -0.1) is 0 Å². The van der Waals surface area contributed by atoms with Crippen molar-refractivity contribution in [2.24, 2.45) is 0 Å². The second-order valence-electron chi connectivity index (χ2n) is 4.79. The monoisotopic (exact) mass is 247 g/mol. The molecular formula is C15H21NO2. The van der Waals surface area contributed by atoms with E-state index in [0.717, 1.165) is 31.2 Å². The van der Waals surface area contributed by atoms with E-state index in [1.165, 1.54) is 0 Å². The molecule has 0 N–H and O–H groups in total. The average molecular weight is 247 g/mol. The summed E-state index contributed by atoms with van der Waals surface area (Å²) in [4.78, 5) is 14.5. The van der Waals surface area contributed by atoms with Crippen molar-refractivity contribution in [1.29, 1.82) is 0 Å². The maximum absolute atomic E-state index is 12.5. The van der Waals surface area contributed by atoms with E-state index in [-0.39, 0.29) is 12.1 Å². The molecule has 3 heteroatoms. The van der Waals surface area contributed by atoms with Crippen molar-refractivity contribution in [2.75, 3.05) is 7.11 Å². The standard InChI is InChI=1S/C15H21NO2/c1-3-7-13-10-11-14(18-2)16(13)15(17)12-8-5-4-6-9-12/h4-6,8-9,13-14H,3,7,10-11H2,1-2H3. The lowest BCUT2D eigenvalue weighted by atomic mass is 10.1. The summed E-state index contributed by atoms with van der Waals surface area (Å²) >= 11 is 0. The number of nitrogens with zero attached hydrogens (tertiary/aromatic N) is 1. The molecule has 0 aromatic heterocycles. The van der Waals surface area contributed by atoms with E-state index < -0.39 is 0 Å². The number of amides is 1. The van der Waals surface area contributed by atoms with Crippen LogP contribution in [0.1, 0.15) is 43.0 Å². The minimum atomic E-state index is -0.0609. The van der Waals surface area contributed by atoms with Crippen LogP contribution in [0.5, 0.6) is 0 Å². The van der Waals surface area contributed by atoms with Crippen molar-refractivity contribution in [3.05, 3.63) is 35.9 Å². The van der Waals surface area contributed by atoms with Crippen molar-refractivity contribution in [3.8, 4) is 0 Å². The van der Waals surface area contributed by atoms with Gasteiger partial charge in [0.15, 0.2) is 0 Å². The summed E-state index contributed by atoms with van der Waals surface area (Å²) < 4.78 is 5.45. The van der Waals surface area contributed by atoms with E-state index in [0.29, 0.717) is 6.04 Å². The van der Waals surface area contributed by atoms with Crippen LogP contribution < -0.4 is 0 Å². The summed E-state index contributed by atoms with van der Waals surface area (Å²) in [6, 6.07) is 9.80. The highest BCUT2D eigenvalue weighted by Gasteiger charge is 2.36. The average Bonchev–Trinajstić information content (AvgIpc) is 2.82. The summed E-state index contributed by atoms with van der Waals surface area (Å²) in [5.74, 6) is 0.0957. The Morgan fingerprint density at radius 1 is 1.33 bits per heavy atom. The zero-order chi connectivity index (χ0) is 13.0. The number of likely N-dealkylation sites (tertiary alicyclic amines) is 1. The molecule has 18 heavy (non-hydrogen) atoms. The Kier molecular flexibility index (Phi) is 4.37. The molecular weight excluding hydrogens is 226 g/mol. The van der Waals surface area contributed by atoms with Crippen LogP contribution in [0.3, 0.4) is 0 Å². The van der Waals surface area contributed by atoms with E-state index in [2.05, 4.69) is 6.92 Å². The molecule has 0 aliphatic carbocycles. The maximum atomic E-state index is 12.5. The van der Waals surface area contributed by atoms with E-state index in [1.807, 2.05) is 35.2 Å². The quantitative estimate of drug-likeness (QED) is 0.818. The van der Waals surface area contributed by atoms with Crippen molar-refractivity contribution >= 4 is 5.91 Å². The molecule has 0 spiro atoms. The lowest BCUT2D eigenvalue weighted by Gasteiger charge is -2.29. The fourth-order valence-electron chi connectivity index (χ4n) is 2.72. The number of hydrogen-bond acceptors (Lipinski definition) is 2. The van der Waals surface area contributed by atoms with Gasteiger partial charge in [0.2, 0.25) is 0 Å². The topological polar surface area (TPSA) is 29.5 Å². The molecule has 0 saturated carbocycles. The zero-order valence-corrected chi connectivity index (χ0v) is 11.1. The fraction of sp³-hybridized carbons (Fsp3) is 0.533. The van der Waals surface area contributed by atoms with Gasteiger partial charge < -0.3 is 9.64 Å². The highest BCUT2D eigenvalue weighted by molar-refractivity contribution is 5.94. The van der Waals surface area contributed by atoms with Crippen LogP contribution >= 0.6 is 0 Å². The number of ether oxygens (including phenoxy) is 1. The van der Waals surface area contributed by atoms with Crippen molar-refractivity contribution in [2.45, 2.75) is 44.9 Å². The highest BCUT2D eigenvalue weighted by atomic mass is 16.5. The molecule has 1 heterocycles. The first-order chi connectivity index (χ1) is 8.77. The van der Waals surface area contributed by atoms with Gasteiger partial charge >= 0.3 is 0 Å². The Balaban J connectivity index is 2.19. The van der Waals surface area contributed by atoms with Gasteiger partial charge in [-0.1, -0.05) is 31.5 Å². The predicted molar refractivity (Wildman–Crippen MR) is 71.3 cm³/mol. The van der Waals surface area contributed by atoms with E-state index in [9.17, 15) is 4.79 Å². The third kappa shape index (κ3) is 2.56. The van der Waals surface area contributed by atoms with E-state index >= 15 is 0 Å². The third-order valence-electron chi connectivity index (χ3n) is 3.60. The second kappa shape index (κ2) is 6.01. The molecule has 1 aromatic carbocycles. The predicted octanol–water partition coefficient (Wildman–Crippen LogP) is 3.06. The molecule has 0 radical (unpaired) electrons. The van der Waals surface area contributed by atoms with E-state index in [4.69, 9.17) is 4.74 Å². The molecule has 1 aliphatic heterocycles. The van der Waals surface area contributed by atoms with Gasteiger partial charge in [-0.05, 0) is 31.4 Å². The van der Waals surface area contributed by atoms with Crippen molar-refractivity contribution in [1.82, 2.24) is 4.90 Å². The van der Waals surface area contributed by atoms with Crippen molar-refractivity contribution < 1.29 is 9.53 Å². The van der Waals surface area contributed by atoms with Crippen LogP contribution in [0, 0.1) is 0 Å². The summed E-state index contributed by atoms with van der Waals surface area (Å²) in [7, 11) is 1.68. The smallest absolute Gasteiger partial charge is 0.256 e. The number of benzene rings is 1. The summed E-state index contributed by atoms with van der Waals surface area (Å²) in [5, 5.41) is 0. The Morgan fingerprint density at radius 3 is 2.67 bits per heavy atom. The Labute approximate surface area is 109 Å². The first kappa shape index (κ1) is 13.1. The summed E-state index contributed by atoms with van der Waals surface area (Å²) in [5.41, 5.74) is 0.752. The molecule has 1 aliphatic rings. The van der Waals surface area contributed by atoms with Gasteiger partial charge in [0.1, 0.15) is 6.23 Å². The van der Waals surface area contributed by atoms with Crippen LogP contribution in [0.4, 0.5) is 0 Å². The molecule has 2 rings (SSSR count). The van der Waals surface area contributed by atoms with Crippen LogP contribution in [0.15, 0.2) is 30.3 Å². The summed E-state index contributed by atoms with van der Waals surface area (Å²) in [6.07, 6.45) is 4.08. The number of carbonyl (C=O) groups is 1. The summed E-state index contributed by atoms with van der Waals surface area (Å²) in [6.45, 7) is 2.16. The molecule has 1 fully saturated rings. The molecule has 2 atom stereocenters. The van der Waals surface area contributed by atoms with E-state index in [1.54, 1.807) is 7.11 Å². The normalized spacial score (nSPS) is 23.3. The van der Waals surface area contributed by atoms with Gasteiger partial charge in [-0.25, -0.2) is 0 Å². The van der Waals surface area contributed by atoms with Crippen LogP contribution in [-0.2, 0) is 4.74 Å².